The minimum absolute atomic E-state index is 0.0296. The van der Waals surface area contributed by atoms with E-state index in [9.17, 15) is 24.0 Å². The first-order chi connectivity index (χ1) is 16.9. The molecule has 3 aromatic rings. The first-order valence-corrected chi connectivity index (χ1v) is 10.5. The van der Waals surface area contributed by atoms with E-state index >= 15 is 0 Å². The molecule has 0 saturated carbocycles. The number of hydrogen-bond acceptors (Lipinski definition) is 8. The molecule has 9 nitrogen and oxygen atoms in total. The highest BCUT2D eigenvalue weighted by molar-refractivity contribution is 6.25. The molecular weight excluding hydrogens is 454 g/mol. The van der Waals surface area contributed by atoms with Crippen LogP contribution in [0.15, 0.2) is 84.9 Å². The Balaban J connectivity index is 1.68. The summed E-state index contributed by atoms with van der Waals surface area (Å²) in [7, 11) is 1.19. The van der Waals surface area contributed by atoms with Gasteiger partial charge in [-0.25, -0.2) is 19.3 Å². The summed E-state index contributed by atoms with van der Waals surface area (Å²) >= 11 is 0. The van der Waals surface area contributed by atoms with E-state index in [1.165, 1.54) is 55.6 Å². The van der Waals surface area contributed by atoms with Crippen molar-refractivity contribution in [2.75, 3.05) is 12.0 Å². The molecule has 1 saturated heterocycles. The van der Waals surface area contributed by atoms with Crippen molar-refractivity contribution in [2.24, 2.45) is 0 Å². The zero-order valence-electron chi connectivity index (χ0n) is 18.5. The summed E-state index contributed by atoms with van der Waals surface area (Å²) in [5.74, 6) is -4.27. The Hall–Kier alpha value is -4.79. The molecular formula is C26H19NO8. The summed E-state index contributed by atoms with van der Waals surface area (Å²) in [6, 6.07) is 21.3. The van der Waals surface area contributed by atoms with Gasteiger partial charge in [0.25, 0.3) is 11.8 Å². The average Bonchev–Trinajstić information content (AvgIpc) is 3.12. The Morgan fingerprint density at radius 2 is 1.09 bits per heavy atom. The van der Waals surface area contributed by atoms with E-state index in [-0.39, 0.29) is 22.4 Å². The first kappa shape index (κ1) is 23.4. The molecule has 1 aliphatic rings. The second-order valence-corrected chi connectivity index (χ2v) is 7.44. The molecule has 2 atom stereocenters. The standard InChI is InChI=1S/C26H19NO8/c1-33-24(30)18-13-8-14-19(15-18)27-22(28)20(34-25(31)16-9-4-2-5-10-16)21(23(27)29)35-26(32)17-11-6-3-7-12-17/h2-15,20-21H,1H3/t20-,21-/m1/s1. The quantitative estimate of drug-likeness (QED) is 0.305. The van der Waals surface area contributed by atoms with E-state index in [4.69, 9.17) is 9.47 Å². The van der Waals surface area contributed by atoms with Gasteiger partial charge in [0, 0.05) is 0 Å². The van der Waals surface area contributed by atoms with Crippen molar-refractivity contribution in [1.29, 1.82) is 0 Å². The zero-order chi connectivity index (χ0) is 24.9. The number of amides is 2. The lowest BCUT2D eigenvalue weighted by molar-refractivity contribution is -0.130. The Kier molecular flexibility index (Phi) is 6.68. The molecule has 35 heavy (non-hydrogen) atoms. The fourth-order valence-corrected chi connectivity index (χ4v) is 3.51. The fraction of sp³-hybridized carbons (Fsp3) is 0.115. The SMILES string of the molecule is COC(=O)c1cccc(N2C(=O)[C@H](OC(=O)c3ccccc3)[C@@H](OC(=O)c3ccccc3)C2=O)c1. The Morgan fingerprint density at radius 1 is 0.629 bits per heavy atom. The molecule has 0 aromatic heterocycles. The molecule has 1 heterocycles. The average molecular weight is 473 g/mol. The van der Waals surface area contributed by atoms with Crippen molar-refractivity contribution in [1.82, 2.24) is 0 Å². The topological polar surface area (TPSA) is 116 Å². The highest BCUT2D eigenvalue weighted by atomic mass is 16.6. The maximum Gasteiger partial charge on any atom is 0.339 e. The van der Waals surface area contributed by atoms with Crippen molar-refractivity contribution < 1.29 is 38.2 Å². The number of hydrogen-bond donors (Lipinski definition) is 0. The maximum absolute atomic E-state index is 13.3. The first-order valence-electron chi connectivity index (χ1n) is 10.5. The van der Waals surface area contributed by atoms with E-state index < -0.39 is 41.9 Å². The second-order valence-electron chi connectivity index (χ2n) is 7.44. The lowest BCUT2D eigenvalue weighted by Gasteiger charge is -2.16. The van der Waals surface area contributed by atoms with Gasteiger partial charge in [-0.15, -0.1) is 0 Å². The summed E-state index contributed by atoms with van der Waals surface area (Å²) in [5.41, 5.74) is 0.411. The van der Waals surface area contributed by atoms with Crippen LogP contribution in [-0.4, -0.2) is 49.0 Å². The van der Waals surface area contributed by atoms with Crippen molar-refractivity contribution in [3.05, 3.63) is 102 Å². The third-order valence-electron chi connectivity index (χ3n) is 5.21. The summed E-state index contributed by atoms with van der Waals surface area (Å²) in [4.78, 5) is 64.6. The number of methoxy groups -OCH3 is 1. The number of nitrogens with zero attached hydrogens (tertiary/aromatic N) is 1. The summed E-state index contributed by atoms with van der Waals surface area (Å²) in [5, 5.41) is 0. The van der Waals surface area contributed by atoms with Crippen LogP contribution >= 0.6 is 0 Å². The smallest absolute Gasteiger partial charge is 0.339 e. The highest BCUT2D eigenvalue weighted by Crippen LogP contribution is 2.29. The number of carbonyl (C=O) groups excluding carboxylic acids is 5. The largest absolute Gasteiger partial charge is 0.465 e. The van der Waals surface area contributed by atoms with E-state index in [1.807, 2.05) is 0 Å². The molecule has 2 amide bonds. The van der Waals surface area contributed by atoms with E-state index in [0.717, 1.165) is 4.90 Å². The Labute approximate surface area is 199 Å². The van der Waals surface area contributed by atoms with Gasteiger partial charge >= 0.3 is 17.9 Å². The van der Waals surface area contributed by atoms with Crippen molar-refractivity contribution >= 4 is 35.4 Å². The number of ether oxygens (including phenoxy) is 3. The van der Waals surface area contributed by atoms with Gasteiger partial charge in [0.15, 0.2) is 0 Å². The molecule has 9 heteroatoms. The molecule has 0 radical (unpaired) electrons. The Morgan fingerprint density at radius 3 is 1.54 bits per heavy atom. The van der Waals surface area contributed by atoms with Crippen LogP contribution in [0.5, 0.6) is 0 Å². The lowest BCUT2D eigenvalue weighted by Crippen LogP contribution is -2.37. The monoisotopic (exact) mass is 473 g/mol. The third kappa shape index (κ3) is 4.79. The van der Waals surface area contributed by atoms with Gasteiger partial charge in [-0.05, 0) is 42.5 Å². The van der Waals surface area contributed by atoms with Crippen LogP contribution in [-0.2, 0) is 23.8 Å². The molecule has 0 spiro atoms. The van der Waals surface area contributed by atoms with Crippen LogP contribution in [0.4, 0.5) is 5.69 Å². The van der Waals surface area contributed by atoms with Gasteiger partial charge in [0.2, 0.25) is 12.2 Å². The molecule has 3 aromatic carbocycles. The zero-order valence-corrected chi connectivity index (χ0v) is 18.5. The van der Waals surface area contributed by atoms with Gasteiger partial charge in [-0.2, -0.15) is 0 Å². The van der Waals surface area contributed by atoms with E-state index in [2.05, 4.69) is 4.74 Å². The number of rotatable bonds is 6. The third-order valence-corrected chi connectivity index (χ3v) is 5.21. The summed E-state index contributed by atoms with van der Waals surface area (Å²) < 4.78 is 15.4. The van der Waals surface area contributed by atoms with Crippen LogP contribution in [0.1, 0.15) is 31.1 Å². The minimum Gasteiger partial charge on any atom is -0.465 e. The van der Waals surface area contributed by atoms with Gasteiger partial charge < -0.3 is 14.2 Å². The normalized spacial score (nSPS) is 17.1. The Bertz CT molecular complexity index is 1220. The second kappa shape index (κ2) is 10.0. The van der Waals surface area contributed by atoms with Crippen molar-refractivity contribution in [3.8, 4) is 0 Å². The van der Waals surface area contributed by atoms with Crippen LogP contribution in [0, 0.1) is 0 Å². The van der Waals surface area contributed by atoms with Crippen LogP contribution in [0.25, 0.3) is 0 Å². The van der Waals surface area contributed by atoms with Gasteiger partial charge in [0.05, 0.1) is 29.5 Å². The fourth-order valence-electron chi connectivity index (χ4n) is 3.51. The highest BCUT2D eigenvalue weighted by Gasteiger charge is 2.53. The molecule has 176 valence electrons. The van der Waals surface area contributed by atoms with E-state index in [1.54, 1.807) is 36.4 Å². The predicted molar refractivity (Wildman–Crippen MR) is 122 cm³/mol. The van der Waals surface area contributed by atoms with Crippen LogP contribution in [0.3, 0.4) is 0 Å². The van der Waals surface area contributed by atoms with E-state index in [0.29, 0.717) is 0 Å². The molecule has 1 aliphatic heterocycles. The predicted octanol–water partition coefficient (Wildman–Crippen LogP) is 2.80. The number of anilines is 1. The molecule has 1 fully saturated rings. The number of carbonyl (C=O) groups is 5. The molecule has 0 aliphatic carbocycles. The summed E-state index contributed by atoms with van der Waals surface area (Å²) in [6.45, 7) is 0. The van der Waals surface area contributed by atoms with Crippen LogP contribution in [0.2, 0.25) is 0 Å². The van der Waals surface area contributed by atoms with Gasteiger partial charge in [-0.1, -0.05) is 42.5 Å². The van der Waals surface area contributed by atoms with Crippen LogP contribution < -0.4 is 4.90 Å². The van der Waals surface area contributed by atoms with Crippen molar-refractivity contribution in [2.45, 2.75) is 12.2 Å². The van der Waals surface area contributed by atoms with Gasteiger partial charge in [0.1, 0.15) is 0 Å². The van der Waals surface area contributed by atoms with Crippen molar-refractivity contribution in [3.63, 3.8) is 0 Å². The van der Waals surface area contributed by atoms with Gasteiger partial charge in [-0.3, -0.25) is 9.59 Å². The lowest BCUT2D eigenvalue weighted by atomic mass is 10.2. The molecule has 0 unspecified atom stereocenters. The molecule has 4 rings (SSSR count). The number of esters is 3. The maximum atomic E-state index is 13.3. The minimum atomic E-state index is -1.73. The number of benzene rings is 3. The summed E-state index contributed by atoms with van der Waals surface area (Å²) in [6.07, 6.45) is -3.46. The molecule has 0 bridgehead atoms. The molecule has 0 N–H and O–H groups in total. The number of imide groups is 1.